The van der Waals surface area contributed by atoms with E-state index in [9.17, 15) is 13.2 Å². The fraction of sp³-hybridized carbons (Fsp3) is 0.316. The minimum atomic E-state index is -3.54. The maximum atomic E-state index is 12.7. The lowest BCUT2D eigenvalue weighted by atomic mass is 10.1. The molecule has 144 valence electrons. The number of methoxy groups -OCH3 is 1. The monoisotopic (exact) mass is 409 g/mol. The standard InChI is InChI=1S/C19H21ClN2O4S/c1-26-19-5-3-2-4-17(19)18(23)14-21-10-12-22(13-11-21)27(24,25)16-8-6-15(20)7-9-16/h2-9H,10-14H2,1H3/p+1. The van der Waals surface area contributed by atoms with Gasteiger partial charge in [0.05, 0.1) is 43.7 Å². The molecule has 1 aliphatic rings. The summed E-state index contributed by atoms with van der Waals surface area (Å²) in [6.45, 7) is 2.22. The number of hydrogen-bond acceptors (Lipinski definition) is 4. The minimum absolute atomic E-state index is 0.00328. The summed E-state index contributed by atoms with van der Waals surface area (Å²) in [6.07, 6.45) is 0. The molecule has 1 N–H and O–H groups in total. The Bertz CT molecular complexity index is 908. The summed E-state index contributed by atoms with van der Waals surface area (Å²) in [5, 5.41) is 0.498. The first-order valence-corrected chi connectivity index (χ1v) is 10.5. The van der Waals surface area contributed by atoms with E-state index >= 15 is 0 Å². The zero-order valence-electron chi connectivity index (χ0n) is 15.0. The molecule has 1 saturated heterocycles. The van der Waals surface area contributed by atoms with Gasteiger partial charge in [0.25, 0.3) is 0 Å². The van der Waals surface area contributed by atoms with E-state index in [-0.39, 0.29) is 10.7 Å². The number of rotatable bonds is 6. The van der Waals surface area contributed by atoms with Crippen LogP contribution >= 0.6 is 11.6 Å². The van der Waals surface area contributed by atoms with Crippen molar-refractivity contribution in [1.29, 1.82) is 0 Å². The highest BCUT2D eigenvalue weighted by molar-refractivity contribution is 7.89. The van der Waals surface area contributed by atoms with Crippen LogP contribution in [0.1, 0.15) is 10.4 Å². The second-order valence-electron chi connectivity index (χ2n) is 6.41. The van der Waals surface area contributed by atoms with Crippen molar-refractivity contribution in [3.8, 4) is 5.75 Å². The van der Waals surface area contributed by atoms with Gasteiger partial charge in [-0.05, 0) is 36.4 Å². The number of sulfonamides is 1. The number of halogens is 1. The van der Waals surface area contributed by atoms with Gasteiger partial charge in [-0.1, -0.05) is 23.7 Å². The van der Waals surface area contributed by atoms with Crippen molar-refractivity contribution in [2.45, 2.75) is 4.90 Å². The van der Waals surface area contributed by atoms with Crippen LogP contribution < -0.4 is 9.64 Å². The van der Waals surface area contributed by atoms with Crippen LogP contribution in [0.25, 0.3) is 0 Å². The first kappa shape index (κ1) is 19.8. The average Bonchev–Trinajstić information content (AvgIpc) is 2.68. The summed E-state index contributed by atoms with van der Waals surface area (Å²) >= 11 is 5.83. The number of quaternary nitrogens is 1. The van der Waals surface area contributed by atoms with Gasteiger partial charge in [0.15, 0.2) is 0 Å². The number of nitrogens with zero attached hydrogens (tertiary/aromatic N) is 1. The molecule has 2 aromatic carbocycles. The van der Waals surface area contributed by atoms with Gasteiger partial charge >= 0.3 is 0 Å². The van der Waals surface area contributed by atoms with Crippen molar-refractivity contribution >= 4 is 27.4 Å². The van der Waals surface area contributed by atoms with Crippen LogP contribution in [-0.2, 0) is 10.0 Å². The molecule has 0 atom stereocenters. The number of benzene rings is 2. The summed E-state index contributed by atoms with van der Waals surface area (Å²) in [4.78, 5) is 13.9. The molecule has 0 amide bonds. The molecule has 0 aromatic heterocycles. The number of para-hydroxylation sites is 1. The SMILES string of the molecule is COc1ccccc1C(=O)C[NH+]1CCN(S(=O)(=O)c2ccc(Cl)cc2)CC1. The number of piperazine rings is 1. The lowest BCUT2D eigenvalue weighted by Gasteiger charge is -2.31. The number of nitrogens with one attached hydrogen (secondary N) is 1. The van der Waals surface area contributed by atoms with Crippen LogP contribution in [0.4, 0.5) is 0 Å². The van der Waals surface area contributed by atoms with Crippen LogP contribution in [0.2, 0.25) is 5.02 Å². The lowest BCUT2D eigenvalue weighted by molar-refractivity contribution is -0.895. The van der Waals surface area contributed by atoms with Crippen LogP contribution in [-0.4, -0.2) is 58.3 Å². The first-order chi connectivity index (χ1) is 12.9. The van der Waals surface area contributed by atoms with Crippen LogP contribution in [0.5, 0.6) is 5.75 Å². The van der Waals surface area contributed by atoms with E-state index in [1.807, 2.05) is 12.1 Å². The van der Waals surface area contributed by atoms with Crippen LogP contribution in [0, 0.1) is 0 Å². The van der Waals surface area contributed by atoms with E-state index in [1.165, 1.54) is 16.4 Å². The molecule has 0 unspecified atom stereocenters. The van der Waals surface area contributed by atoms with Crippen molar-refractivity contribution in [3.63, 3.8) is 0 Å². The Hall–Kier alpha value is -1.93. The molecule has 27 heavy (non-hydrogen) atoms. The fourth-order valence-corrected chi connectivity index (χ4v) is 4.74. The zero-order valence-corrected chi connectivity index (χ0v) is 16.6. The number of ether oxygens (including phenoxy) is 1. The molecule has 3 rings (SSSR count). The van der Waals surface area contributed by atoms with E-state index in [0.29, 0.717) is 49.1 Å². The van der Waals surface area contributed by atoms with Gasteiger partial charge in [0.1, 0.15) is 12.3 Å². The van der Waals surface area contributed by atoms with Crippen molar-refractivity contribution in [3.05, 3.63) is 59.1 Å². The maximum Gasteiger partial charge on any atom is 0.243 e. The fourth-order valence-electron chi connectivity index (χ4n) is 3.17. The van der Waals surface area contributed by atoms with Crippen molar-refractivity contribution in [2.75, 3.05) is 39.8 Å². The van der Waals surface area contributed by atoms with E-state index in [0.717, 1.165) is 4.90 Å². The summed E-state index contributed by atoms with van der Waals surface area (Å²) < 4.78 is 32.2. The third-order valence-corrected chi connectivity index (χ3v) is 6.86. The van der Waals surface area contributed by atoms with Gasteiger partial charge in [-0.15, -0.1) is 0 Å². The van der Waals surface area contributed by atoms with Crippen molar-refractivity contribution in [2.24, 2.45) is 0 Å². The van der Waals surface area contributed by atoms with Crippen molar-refractivity contribution < 1.29 is 22.8 Å². The first-order valence-electron chi connectivity index (χ1n) is 8.67. The predicted octanol–water partition coefficient (Wildman–Crippen LogP) is 1.12. The summed E-state index contributed by atoms with van der Waals surface area (Å²) in [6, 6.07) is 13.3. The van der Waals surface area contributed by atoms with Gasteiger partial charge < -0.3 is 9.64 Å². The Morgan fingerprint density at radius 1 is 1.11 bits per heavy atom. The van der Waals surface area contributed by atoms with Gasteiger partial charge in [-0.25, -0.2) is 8.42 Å². The van der Waals surface area contributed by atoms with Gasteiger partial charge in [0, 0.05) is 5.02 Å². The third kappa shape index (κ3) is 4.50. The Labute approximate surface area is 164 Å². The topological polar surface area (TPSA) is 68.1 Å². The smallest absolute Gasteiger partial charge is 0.243 e. The molecule has 1 aliphatic heterocycles. The van der Waals surface area contributed by atoms with E-state index in [4.69, 9.17) is 16.3 Å². The number of Topliss-reactive ketones (excluding diaryl/α,β-unsaturated/α-hetero) is 1. The normalized spacial score (nSPS) is 16.2. The van der Waals surface area contributed by atoms with E-state index < -0.39 is 10.0 Å². The third-order valence-electron chi connectivity index (χ3n) is 4.70. The highest BCUT2D eigenvalue weighted by Gasteiger charge is 2.31. The molecular formula is C19H22ClN2O4S+. The summed E-state index contributed by atoms with van der Waals surface area (Å²) in [5.74, 6) is 0.558. The van der Waals surface area contributed by atoms with Gasteiger partial charge in [-0.2, -0.15) is 4.31 Å². The zero-order chi connectivity index (χ0) is 19.4. The average molecular weight is 410 g/mol. The molecule has 0 radical (unpaired) electrons. The molecule has 0 spiro atoms. The molecule has 0 saturated carbocycles. The summed E-state index contributed by atoms with van der Waals surface area (Å²) in [7, 11) is -2.00. The molecule has 0 bridgehead atoms. The highest BCUT2D eigenvalue weighted by Crippen LogP contribution is 2.19. The number of carbonyl (C=O) groups is 1. The summed E-state index contributed by atoms with van der Waals surface area (Å²) in [5.41, 5.74) is 0.559. The number of ketones is 1. The lowest BCUT2D eigenvalue weighted by Crippen LogP contribution is -3.15. The Kier molecular flexibility index (Phi) is 6.16. The second kappa shape index (κ2) is 8.39. The molecule has 1 fully saturated rings. The molecule has 2 aromatic rings. The van der Waals surface area contributed by atoms with Gasteiger partial charge in [0.2, 0.25) is 15.8 Å². The number of carbonyl (C=O) groups excluding carboxylic acids is 1. The Morgan fingerprint density at radius 3 is 2.37 bits per heavy atom. The van der Waals surface area contributed by atoms with E-state index in [1.54, 1.807) is 31.4 Å². The van der Waals surface area contributed by atoms with Gasteiger partial charge in [-0.3, -0.25) is 4.79 Å². The number of hydrogen-bond donors (Lipinski definition) is 1. The highest BCUT2D eigenvalue weighted by atomic mass is 35.5. The molecule has 0 aliphatic carbocycles. The second-order valence-corrected chi connectivity index (χ2v) is 8.78. The molecule has 1 heterocycles. The van der Waals surface area contributed by atoms with E-state index in [2.05, 4.69) is 0 Å². The van der Waals surface area contributed by atoms with Crippen LogP contribution in [0.3, 0.4) is 0 Å². The molecule has 8 heteroatoms. The maximum absolute atomic E-state index is 12.7. The largest absolute Gasteiger partial charge is 0.496 e. The Balaban J connectivity index is 1.62. The minimum Gasteiger partial charge on any atom is -0.496 e. The quantitative estimate of drug-likeness (QED) is 0.726. The van der Waals surface area contributed by atoms with Crippen molar-refractivity contribution in [1.82, 2.24) is 4.31 Å². The predicted molar refractivity (Wildman–Crippen MR) is 103 cm³/mol. The molecular weight excluding hydrogens is 388 g/mol. The Morgan fingerprint density at radius 2 is 1.74 bits per heavy atom. The van der Waals surface area contributed by atoms with Crippen LogP contribution in [0.15, 0.2) is 53.4 Å². The molecule has 6 nitrogen and oxygen atoms in total.